The van der Waals surface area contributed by atoms with Crippen LogP contribution in [0, 0.1) is 0 Å². The Balaban J connectivity index is 4.53. The van der Waals surface area contributed by atoms with Crippen LogP contribution in [0.2, 0.25) is 0 Å². The highest BCUT2D eigenvalue weighted by Crippen LogP contribution is 2.13. The number of ether oxygens (including phenoxy) is 3. The third-order valence-electron chi connectivity index (χ3n) is 10.9. The topological polar surface area (TPSA) is 78.9 Å². The standard InChI is InChI=1S/C58H96O6/c1-4-7-10-13-16-19-22-25-27-29-31-33-36-39-42-45-48-51-57(60)63-54-55(53-62-56(59)50-47-44-41-38-35-32-24-21-18-15-12-9-6-3)64-58(61)52-49-46-43-40-37-34-30-28-26-23-20-17-14-11-8-5-2/h9,12,15,18,21,24-25,27-28,30-33,35,39,42,55H,4-8,10-11,13-14,16-17,19-20,22-23,26,29,34,36-38,40-41,43-54H2,1-3H3/b12-9-,18-15-,24-21-,27-25-,30-28-,33-31-,35-32-,42-39-. The van der Waals surface area contributed by atoms with Crippen LogP contribution in [-0.4, -0.2) is 37.2 Å². The third-order valence-corrected chi connectivity index (χ3v) is 10.9. The van der Waals surface area contributed by atoms with E-state index in [1.54, 1.807) is 0 Å². The van der Waals surface area contributed by atoms with Gasteiger partial charge < -0.3 is 14.2 Å². The number of esters is 3. The molecular formula is C58H96O6. The summed E-state index contributed by atoms with van der Waals surface area (Å²) in [6.07, 6.45) is 68.3. The molecule has 0 rings (SSSR count). The lowest BCUT2D eigenvalue weighted by atomic mass is 10.1. The first-order chi connectivity index (χ1) is 31.5. The van der Waals surface area contributed by atoms with Crippen molar-refractivity contribution in [2.24, 2.45) is 0 Å². The normalized spacial score (nSPS) is 12.9. The number of hydrogen-bond donors (Lipinski definition) is 0. The molecular weight excluding hydrogens is 793 g/mol. The quantitative estimate of drug-likeness (QED) is 0.0199. The molecule has 0 aromatic carbocycles. The number of allylic oxidation sites excluding steroid dienone is 16. The van der Waals surface area contributed by atoms with E-state index in [-0.39, 0.29) is 37.5 Å². The average molecular weight is 889 g/mol. The van der Waals surface area contributed by atoms with E-state index in [0.29, 0.717) is 19.3 Å². The fourth-order valence-corrected chi connectivity index (χ4v) is 6.93. The smallest absolute Gasteiger partial charge is 0.306 e. The van der Waals surface area contributed by atoms with Crippen molar-refractivity contribution in [1.82, 2.24) is 0 Å². The van der Waals surface area contributed by atoms with Crippen molar-refractivity contribution in [3.63, 3.8) is 0 Å². The summed E-state index contributed by atoms with van der Waals surface area (Å²) in [6, 6.07) is 0. The molecule has 364 valence electrons. The molecule has 1 atom stereocenters. The second-order valence-electron chi connectivity index (χ2n) is 17.1. The molecule has 0 aromatic heterocycles. The zero-order valence-electron chi connectivity index (χ0n) is 41.5. The number of carbonyl (C=O) groups excluding carboxylic acids is 3. The number of carbonyl (C=O) groups is 3. The van der Waals surface area contributed by atoms with E-state index in [1.807, 2.05) is 36.5 Å². The second kappa shape index (κ2) is 52.0. The molecule has 0 heterocycles. The highest BCUT2D eigenvalue weighted by molar-refractivity contribution is 5.71. The van der Waals surface area contributed by atoms with Gasteiger partial charge in [0.2, 0.25) is 0 Å². The lowest BCUT2D eigenvalue weighted by molar-refractivity contribution is -0.167. The number of unbranched alkanes of at least 4 members (excludes halogenated alkanes) is 22. The van der Waals surface area contributed by atoms with E-state index < -0.39 is 6.10 Å². The Labute approximate surface area is 394 Å². The van der Waals surface area contributed by atoms with Crippen molar-refractivity contribution in [3.8, 4) is 0 Å². The Morgan fingerprint density at radius 2 is 0.688 bits per heavy atom. The van der Waals surface area contributed by atoms with Crippen molar-refractivity contribution >= 4 is 17.9 Å². The Hall–Kier alpha value is -3.67. The molecule has 0 aliphatic heterocycles. The minimum absolute atomic E-state index is 0.118. The molecule has 0 aliphatic rings. The summed E-state index contributed by atoms with van der Waals surface area (Å²) >= 11 is 0. The first-order valence-electron chi connectivity index (χ1n) is 26.3. The monoisotopic (exact) mass is 889 g/mol. The minimum Gasteiger partial charge on any atom is -0.462 e. The molecule has 0 aliphatic carbocycles. The van der Waals surface area contributed by atoms with Gasteiger partial charge in [-0.15, -0.1) is 0 Å². The second-order valence-corrected chi connectivity index (χ2v) is 17.1. The SMILES string of the molecule is CC\C=C/C=C\C=C/C=C\CCCCCC(=O)OCC(COC(=O)CCC/C=C\C/C=C\C/C=C\CCCCCCCC)OC(=O)CCCCCCC/C=C\CCCCCCCCC. The molecule has 0 spiro atoms. The molecule has 0 radical (unpaired) electrons. The van der Waals surface area contributed by atoms with Crippen LogP contribution in [0.25, 0.3) is 0 Å². The highest BCUT2D eigenvalue weighted by Gasteiger charge is 2.19. The first kappa shape index (κ1) is 60.3. The van der Waals surface area contributed by atoms with Crippen LogP contribution < -0.4 is 0 Å². The molecule has 0 bridgehead atoms. The summed E-state index contributed by atoms with van der Waals surface area (Å²) in [6.45, 7) is 6.40. The van der Waals surface area contributed by atoms with Gasteiger partial charge in [-0.25, -0.2) is 0 Å². The molecule has 0 aromatic rings. The maximum absolute atomic E-state index is 12.8. The molecule has 0 saturated carbocycles. The van der Waals surface area contributed by atoms with E-state index >= 15 is 0 Å². The van der Waals surface area contributed by atoms with Gasteiger partial charge in [-0.3, -0.25) is 14.4 Å². The zero-order valence-corrected chi connectivity index (χ0v) is 41.5. The molecule has 1 unspecified atom stereocenters. The van der Waals surface area contributed by atoms with Crippen molar-refractivity contribution < 1.29 is 28.6 Å². The number of rotatable bonds is 46. The summed E-state index contributed by atoms with van der Waals surface area (Å²) in [7, 11) is 0. The van der Waals surface area contributed by atoms with Crippen molar-refractivity contribution in [2.45, 2.75) is 239 Å². The Morgan fingerprint density at radius 3 is 1.19 bits per heavy atom. The van der Waals surface area contributed by atoms with Gasteiger partial charge in [-0.2, -0.15) is 0 Å². The van der Waals surface area contributed by atoms with Gasteiger partial charge in [0.1, 0.15) is 13.2 Å². The van der Waals surface area contributed by atoms with Gasteiger partial charge in [0.05, 0.1) is 0 Å². The molecule has 0 amide bonds. The summed E-state index contributed by atoms with van der Waals surface area (Å²) in [5, 5.41) is 0. The van der Waals surface area contributed by atoms with Gasteiger partial charge >= 0.3 is 17.9 Å². The Bertz CT molecular complexity index is 1300. The lowest BCUT2D eigenvalue weighted by Gasteiger charge is -2.18. The van der Waals surface area contributed by atoms with Gasteiger partial charge in [0, 0.05) is 19.3 Å². The summed E-state index contributed by atoms with van der Waals surface area (Å²) in [4.78, 5) is 38.0. The van der Waals surface area contributed by atoms with Crippen LogP contribution in [0.3, 0.4) is 0 Å². The number of hydrogen-bond acceptors (Lipinski definition) is 6. The van der Waals surface area contributed by atoms with E-state index in [4.69, 9.17) is 14.2 Å². The molecule has 0 fully saturated rings. The highest BCUT2D eigenvalue weighted by atomic mass is 16.6. The summed E-state index contributed by atoms with van der Waals surface area (Å²) < 4.78 is 16.7. The molecule has 0 N–H and O–H groups in total. The average Bonchev–Trinajstić information content (AvgIpc) is 3.29. The van der Waals surface area contributed by atoms with Crippen LogP contribution in [0.5, 0.6) is 0 Å². The summed E-state index contributed by atoms with van der Waals surface area (Å²) in [5.41, 5.74) is 0. The van der Waals surface area contributed by atoms with Crippen molar-refractivity contribution in [3.05, 3.63) is 97.2 Å². The zero-order chi connectivity index (χ0) is 46.5. The third kappa shape index (κ3) is 49.3. The van der Waals surface area contributed by atoms with Crippen LogP contribution >= 0.6 is 0 Å². The fraction of sp³-hybridized carbons (Fsp3) is 0.672. The molecule has 0 saturated heterocycles. The van der Waals surface area contributed by atoms with Crippen LogP contribution in [0.1, 0.15) is 233 Å². The lowest BCUT2D eigenvalue weighted by Crippen LogP contribution is -2.30. The van der Waals surface area contributed by atoms with Crippen LogP contribution in [-0.2, 0) is 28.6 Å². The predicted octanol–water partition coefficient (Wildman–Crippen LogP) is 17.4. The molecule has 64 heavy (non-hydrogen) atoms. The van der Waals surface area contributed by atoms with Crippen LogP contribution in [0.4, 0.5) is 0 Å². The first-order valence-corrected chi connectivity index (χ1v) is 26.3. The fourth-order valence-electron chi connectivity index (χ4n) is 6.93. The minimum atomic E-state index is -0.818. The maximum atomic E-state index is 12.8. The van der Waals surface area contributed by atoms with Crippen molar-refractivity contribution in [2.75, 3.05) is 13.2 Å². The van der Waals surface area contributed by atoms with Gasteiger partial charge in [0.15, 0.2) is 6.10 Å². The van der Waals surface area contributed by atoms with E-state index in [9.17, 15) is 14.4 Å². The van der Waals surface area contributed by atoms with Gasteiger partial charge in [-0.05, 0) is 96.3 Å². The van der Waals surface area contributed by atoms with Crippen molar-refractivity contribution in [1.29, 1.82) is 0 Å². The van der Waals surface area contributed by atoms with E-state index in [2.05, 4.69) is 81.5 Å². The Kier molecular flexibility index (Phi) is 49.0. The Morgan fingerprint density at radius 1 is 0.344 bits per heavy atom. The maximum Gasteiger partial charge on any atom is 0.306 e. The predicted molar refractivity (Wildman–Crippen MR) is 274 cm³/mol. The van der Waals surface area contributed by atoms with Gasteiger partial charge in [0.25, 0.3) is 0 Å². The summed E-state index contributed by atoms with van der Waals surface area (Å²) in [5.74, 6) is -1.02. The van der Waals surface area contributed by atoms with E-state index in [1.165, 1.54) is 103 Å². The van der Waals surface area contributed by atoms with Gasteiger partial charge in [-0.1, -0.05) is 214 Å². The van der Waals surface area contributed by atoms with Crippen LogP contribution in [0.15, 0.2) is 97.2 Å². The molecule has 6 heteroatoms. The van der Waals surface area contributed by atoms with E-state index in [0.717, 1.165) is 83.5 Å². The largest absolute Gasteiger partial charge is 0.462 e. The molecule has 6 nitrogen and oxygen atoms in total.